The van der Waals surface area contributed by atoms with Crippen LogP contribution < -0.4 is 5.32 Å². The van der Waals surface area contributed by atoms with E-state index in [4.69, 9.17) is 4.42 Å². The molecule has 21 heavy (non-hydrogen) atoms. The molecule has 0 spiro atoms. The number of hydrogen-bond acceptors (Lipinski definition) is 4. The number of anilines is 1. The molecule has 1 amide bonds. The fourth-order valence-corrected chi connectivity index (χ4v) is 2.29. The second-order valence-electron chi connectivity index (χ2n) is 5.31. The summed E-state index contributed by atoms with van der Waals surface area (Å²) in [6, 6.07) is 3.74. The van der Waals surface area contributed by atoms with Crippen LogP contribution in [0.3, 0.4) is 0 Å². The monoisotopic (exact) mass is 282 g/mol. The molecule has 0 radical (unpaired) electrons. The van der Waals surface area contributed by atoms with Crippen molar-refractivity contribution in [3.63, 3.8) is 0 Å². The summed E-state index contributed by atoms with van der Waals surface area (Å²) in [7, 11) is 0. The third-order valence-corrected chi connectivity index (χ3v) is 3.55. The Bertz CT molecular complexity index is 829. The number of carbonyl (C=O) groups excluding carboxylic acids is 1. The highest BCUT2D eigenvalue weighted by Crippen LogP contribution is 2.31. The first-order valence-electron chi connectivity index (χ1n) is 6.92. The van der Waals surface area contributed by atoms with E-state index in [1.165, 1.54) is 0 Å². The summed E-state index contributed by atoms with van der Waals surface area (Å²) in [6.07, 6.45) is 7.21. The van der Waals surface area contributed by atoms with E-state index in [-0.39, 0.29) is 11.8 Å². The lowest BCUT2D eigenvalue weighted by atomic mass is 10.3. The molecule has 0 unspecified atom stereocenters. The largest absolute Gasteiger partial charge is 0.460 e. The molecule has 6 heteroatoms. The number of nitrogens with zero attached hydrogens (tertiary/aromatic N) is 3. The van der Waals surface area contributed by atoms with Crippen LogP contribution in [0.1, 0.15) is 18.6 Å². The van der Waals surface area contributed by atoms with E-state index in [9.17, 15) is 4.79 Å². The van der Waals surface area contributed by atoms with E-state index in [0.29, 0.717) is 22.9 Å². The Morgan fingerprint density at radius 1 is 1.43 bits per heavy atom. The first-order chi connectivity index (χ1) is 10.2. The number of furan rings is 1. The van der Waals surface area contributed by atoms with Crippen LogP contribution in [0.15, 0.2) is 35.1 Å². The minimum atomic E-state index is 0.0311. The third kappa shape index (κ3) is 2.18. The maximum absolute atomic E-state index is 11.9. The fourth-order valence-electron chi connectivity index (χ4n) is 2.29. The van der Waals surface area contributed by atoms with Crippen molar-refractivity contribution < 1.29 is 9.21 Å². The Morgan fingerprint density at radius 3 is 3.00 bits per heavy atom. The molecule has 4 rings (SSSR count). The lowest BCUT2D eigenvalue weighted by Gasteiger charge is -2.07. The lowest BCUT2D eigenvalue weighted by Crippen LogP contribution is -2.15. The second-order valence-corrected chi connectivity index (χ2v) is 5.31. The predicted octanol–water partition coefficient (Wildman–Crippen LogP) is 2.65. The van der Waals surface area contributed by atoms with Crippen molar-refractivity contribution in [2.75, 3.05) is 5.32 Å². The zero-order valence-corrected chi connectivity index (χ0v) is 11.5. The standard InChI is InChI=1S/C15H14N4O2/c1-9-2-5-11(21-9)13-14-16-6-7-19(14)8-12(17-13)18-15(20)10-3-4-10/h2,5-8,10H,3-4H2,1H3,(H,18,20). The number of aryl methyl sites for hydroxylation is 1. The Kier molecular flexibility index (Phi) is 2.57. The van der Waals surface area contributed by atoms with Gasteiger partial charge in [0.15, 0.2) is 17.1 Å². The molecule has 3 aromatic heterocycles. The number of nitrogens with one attached hydrogen (secondary N) is 1. The van der Waals surface area contributed by atoms with Crippen LogP contribution in [-0.2, 0) is 4.79 Å². The van der Waals surface area contributed by atoms with Crippen LogP contribution in [0.4, 0.5) is 5.82 Å². The smallest absolute Gasteiger partial charge is 0.228 e. The molecule has 6 nitrogen and oxygen atoms in total. The number of aromatic nitrogens is 3. The van der Waals surface area contributed by atoms with Crippen LogP contribution in [0.2, 0.25) is 0 Å². The van der Waals surface area contributed by atoms with Crippen molar-refractivity contribution in [3.8, 4) is 11.5 Å². The summed E-state index contributed by atoms with van der Waals surface area (Å²) < 4.78 is 7.47. The maximum atomic E-state index is 11.9. The molecule has 0 bridgehead atoms. The molecule has 1 fully saturated rings. The van der Waals surface area contributed by atoms with E-state index in [1.807, 2.05) is 29.7 Å². The summed E-state index contributed by atoms with van der Waals surface area (Å²) in [5, 5.41) is 2.86. The zero-order chi connectivity index (χ0) is 14.4. The molecule has 1 N–H and O–H groups in total. The molecule has 0 atom stereocenters. The Labute approximate surface area is 120 Å². The average Bonchev–Trinajstić information content (AvgIpc) is 3.07. The van der Waals surface area contributed by atoms with E-state index in [2.05, 4.69) is 15.3 Å². The highest BCUT2D eigenvalue weighted by Gasteiger charge is 2.30. The van der Waals surface area contributed by atoms with Crippen molar-refractivity contribution in [2.45, 2.75) is 19.8 Å². The van der Waals surface area contributed by atoms with Gasteiger partial charge in [0.2, 0.25) is 5.91 Å². The van der Waals surface area contributed by atoms with Crippen LogP contribution in [-0.4, -0.2) is 20.3 Å². The number of carbonyl (C=O) groups is 1. The zero-order valence-electron chi connectivity index (χ0n) is 11.5. The first kappa shape index (κ1) is 12.1. The van der Waals surface area contributed by atoms with Crippen molar-refractivity contribution >= 4 is 17.4 Å². The van der Waals surface area contributed by atoms with Gasteiger partial charge in [-0.25, -0.2) is 9.97 Å². The molecule has 1 aliphatic carbocycles. The second kappa shape index (κ2) is 4.44. The molecule has 1 aliphatic rings. The molecule has 0 aliphatic heterocycles. The number of fused-ring (bicyclic) bond motifs is 1. The summed E-state index contributed by atoms with van der Waals surface area (Å²) in [4.78, 5) is 20.7. The summed E-state index contributed by atoms with van der Waals surface area (Å²) >= 11 is 0. The lowest BCUT2D eigenvalue weighted by molar-refractivity contribution is -0.117. The number of amides is 1. The highest BCUT2D eigenvalue weighted by molar-refractivity contribution is 5.93. The van der Waals surface area contributed by atoms with Gasteiger partial charge in [0.25, 0.3) is 0 Å². The highest BCUT2D eigenvalue weighted by atomic mass is 16.3. The summed E-state index contributed by atoms with van der Waals surface area (Å²) in [5.41, 5.74) is 1.33. The van der Waals surface area contributed by atoms with Gasteiger partial charge in [0.1, 0.15) is 11.6 Å². The molecular weight excluding hydrogens is 268 g/mol. The van der Waals surface area contributed by atoms with Gasteiger partial charge in [0.05, 0.1) is 6.20 Å². The minimum Gasteiger partial charge on any atom is -0.460 e. The van der Waals surface area contributed by atoms with Gasteiger partial charge in [-0.05, 0) is 31.9 Å². The number of rotatable bonds is 3. The average molecular weight is 282 g/mol. The van der Waals surface area contributed by atoms with Crippen molar-refractivity contribution in [1.29, 1.82) is 0 Å². The third-order valence-electron chi connectivity index (χ3n) is 3.55. The topological polar surface area (TPSA) is 72.4 Å². The van der Waals surface area contributed by atoms with E-state index in [0.717, 1.165) is 18.6 Å². The van der Waals surface area contributed by atoms with E-state index in [1.54, 1.807) is 12.4 Å². The SMILES string of the molecule is Cc1ccc(-c2nc(NC(=O)C3CC3)cn3ccnc23)o1. The Balaban J connectivity index is 1.80. The minimum absolute atomic E-state index is 0.0311. The van der Waals surface area contributed by atoms with Crippen LogP contribution in [0, 0.1) is 12.8 Å². The molecule has 3 aromatic rings. The van der Waals surface area contributed by atoms with Gasteiger partial charge in [-0.1, -0.05) is 0 Å². The normalized spacial score (nSPS) is 14.5. The van der Waals surface area contributed by atoms with Gasteiger partial charge in [0, 0.05) is 18.3 Å². The molecule has 1 saturated carbocycles. The number of imidazole rings is 1. The fraction of sp³-hybridized carbons (Fsp3) is 0.267. The van der Waals surface area contributed by atoms with E-state index >= 15 is 0 Å². The molecule has 3 heterocycles. The Morgan fingerprint density at radius 2 is 2.29 bits per heavy atom. The van der Waals surface area contributed by atoms with E-state index < -0.39 is 0 Å². The van der Waals surface area contributed by atoms with Crippen molar-refractivity contribution in [1.82, 2.24) is 14.4 Å². The van der Waals surface area contributed by atoms with Gasteiger partial charge >= 0.3 is 0 Å². The molecule has 0 aromatic carbocycles. The van der Waals surface area contributed by atoms with Gasteiger partial charge in [-0.15, -0.1) is 0 Å². The maximum Gasteiger partial charge on any atom is 0.228 e. The summed E-state index contributed by atoms with van der Waals surface area (Å²) in [5.74, 6) is 2.14. The van der Waals surface area contributed by atoms with Gasteiger partial charge in [-0.2, -0.15) is 0 Å². The van der Waals surface area contributed by atoms with Gasteiger partial charge < -0.3 is 14.1 Å². The Hall–Kier alpha value is -2.63. The van der Waals surface area contributed by atoms with Crippen LogP contribution in [0.25, 0.3) is 17.1 Å². The van der Waals surface area contributed by atoms with Crippen molar-refractivity contribution in [2.24, 2.45) is 5.92 Å². The molecule has 0 saturated heterocycles. The van der Waals surface area contributed by atoms with Crippen LogP contribution in [0.5, 0.6) is 0 Å². The summed E-state index contributed by atoms with van der Waals surface area (Å²) in [6.45, 7) is 1.88. The first-order valence-corrected chi connectivity index (χ1v) is 6.92. The predicted molar refractivity (Wildman–Crippen MR) is 76.8 cm³/mol. The molecular formula is C15H14N4O2. The van der Waals surface area contributed by atoms with Crippen LogP contribution >= 0.6 is 0 Å². The van der Waals surface area contributed by atoms with Gasteiger partial charge in [-0.3, -0.25) is 4.79 Å². The number of hydrogen-bond donors (Lipinski definition) is 1. The van der Waals surface area contributed by atoms with Crippen molar-refractivity contribution in [3.05, 3.63) is 36.5 Å². The quantitative estimate of drug-likeness (QED) is 0.801. The molecule has 106 valence electrons.